The molecule has 14 heavy (non-hydrogen) atoms. The van der Waals surface area contributed by atoms with Gasteiger partial charge in [0.1, 0.15) is 0 Å². The van der Waals surface area contributed by atoms with E-state index in [1.165, 1.54) is 19.3 Å². The topological polar surface area (TPSA) is 18.5 Å². The van der Waals surface area contributed by atoms with Gasteiger partial charge in [0, 0.05) is 12.8 Å². The molecule has 1 spiro atoms. The third-order valence-electron chi connectivity index (χ3n) is 4.19. The lowest BCUT2D eigenvalue weighted by atomic mass is 9.71. The third-order valence-corrected chi connectivity index (χ3v) is 4.19. The number of hydrogen-bond acceptors (Lipinski definition) is 2. The SMILES string of the molecule is CC12CCC=C1CC1(CC2)OCCO1. The van der Waals surface area contributed by atoms with Gasteiger partial charge < -0.3 is 9.47 Å². The van der Waals surface area contributed by atoms with Crippen molar-refractivity contribution in [3.8, 4) is 0 Å². The molecular formula is C12H18O2. The van der Waals surface area contributed by atoms with Crippen LogP contribution in [-0.2, 0) is 9.47 Å². The summed E-state index contributed by atoms with van der Waals surface area (Å²) in [6, 6.07) is 0. The average molecular weight is 194 g/mol. The summed E-state index contributed by atoms with van der Waals surface area (Å²) in [6.07, 6.45) is 8.33. The lowest BCUT2D eigenvalue weighted by Crippen LogP contribution is -2.39. The van der Waals surface area contributed by atoms with Gasteiger partial charge >= 0.3 is 0 Å². The Morgan fingerprint density at radius 3 is 2.71 bits per heavy atom. The average Bonchev–Trinajstić information content (AvgIpc) is 2.75. The Labute approximate surface area is 85.3 Å². The van der Waals surface area contributed by atoms with E-state index < -0.39 is 0 Å². The first kappa shape index (κ1) is 8.93. The van der Waals surface area contributed by atoms with Crippen molar-refractivity contribution in [2.45, 2.75) is 44.8 Å². The van der Waals surface area contributed by atoms with Crippen molar-refractivity contribution in [3.63, 3.8) is 0 Å². The van der Waals surface area contributed by atoms with E-state index in [0.29, 0.717) is 5.41 Å². The first-order valence-corrected chi connectivity index (χ1v) is 5.70. The maximum atomic E-state index is 5.77. The van der Waals surface area contributed by atoms with Gasteiger partial charge in [0.25, 0.3) is 0 Å². The second-order valence-electron chi connectivity index (χ2n) is 5.11. The zero-order valence-electron chi connectivity index (χ0n) is 8.84. The molecule has 0 amide bonds. The fraction of sp³-hybridized carbons (Fsp3) is 0.833. The van der Waals surface area contributed by atoms with Gasteiger partial charge in [0.05, 0.1) is 13.2 Å². The Hall–Kier alpha value is -0.340. The van der Waals surface area contributed by atoms with E-state index in [4.69, 9.17) is 9.47 Å². The molecule has 2 aliphatic carbocycles. The Balaban J connectivity index is 1.84. The minimum Gasteiger partial charge on any atom is -0.347 e. The molecular weight excluding hydrogens is 176 g/mol. The van der Waals surface area contributed by atoms with E-state index in [2.05, 4.69) is 13.0 Å². The van der Waals surface area contributed by atoms with Crippen LogP contribution in [0.2, 0.25) is 0 Å². The highest BCUT2D eigenvalue weighted by atomic mass is 16.7. The van der Waals surface area contributed by atoms with Crippen LogP contribution in [0.15, 0.2) is 11.6 Å². The molecule has 2 heteroatoms. The molecule has 1 unspecified atom stereocenters. The van der Waals surface area contributed by atoms with Crippen molar-refractivity contribution in [2.24, 2.45) is 5.41 Å². The smallest absolute Gasteiger partial charge is 0.172 e. The van der Waals surface area contributed by atoms with E-state index in [1.54, 1.807) is 5.57 Å². The van der Waals surface area contributed by atoms with Crippen molar-refractivity contribution >= 4 is 0 Å². The molecule has 1 heterocycles. The largest absolute Gasteiger partial charge is 0.347 e. The lowest BCUT2D eigenvalue weighted by molar-refractivity contribution is -0.175. The number of fused-ring (bicyclic) bond motifs is 1. The molecule has 0 N–H and O–H groups in total. The third kappa shape index (κ3) is 1.17. The highest BCUT2D eigenvalue weighted by Gasteiger charge is 2.47. The highest BCUT2D eigenvalue weighted by molar-refractivity contribution is 5.23. The molecule has 0 aromatic rings. The Kier molecular flexibility index (Phi) is 1.80. The second-order valence-corrected chi connectivity index (χ2v) is 5.11. The minimum absolute atomic E-state index is 0.227. The Morgan fingerprint density at radius 1 is 1.14 bits per heavy atom. The maximum absolute atomic E-state index is 5.77. The minimum atomic E-state index is -0.227. The van der Waals surface area contributed by atoms with Crippen LogP contribution in [0.5, 0.6) is 0 Å². The number of rotatable bonds is 0. The van der Waals surface area contributed by atoms with E-state index in [1.807, 2.05) is 0 Å². The molecule has 1 atom stereocenters. The quantitative estimate of drug-likeness (QED) is 0.552. The van der Waals surface area contributed by atoms with Crippen molar-refractivity contribution in [3.05, 3.63) is 11.6 Å². The molecule has 1 saturated heterocycles. The summed E-state index contributed by atoms with van der Waals surface area (Å²) < 4.78 is 11.5. The lowest BCUT2D eigenvalue weighted by Gasteiger charge is -2.41. The molecule has 2 fully saturated rings. The fourth-order valence-electron chi connectivity index (χ4n) is 3.13. The van der Waals surface area contributed by atoms with Crippen molar-refractivity contribution < 1.29 is 9.47 Å². The molecule has 0 radical (unpaired) electrons. The standard InChI is InChI=1S/C12H18O2/c1-11-4-2-3-10(11)9-12(6-5-11)13-7-8-14-12/h3H,2,4-9H2,1H3. The highest BCUT2D eigenvalue weighted by Crippen LogP contribution is 2.53. The Bertz CT molecular complexity index is 276. The maximum Gasteiger partial charge on any atom is 0.172 e. The predicted molar refractivity (Wildman–Crippen MR) is 53.9 cm³/mol. The summed E-state index contributed by atoms with van der Waals surface area (Å²) in [5.41, 5.74) is 2.06. The van der Waals surface area contributed by atoms with Crippen LogP contribution in [0.3, 0.4) is 0 Å². The van der Waals surface area contributed by atoms with Crippen LogP contribution >= 0.6 is 0 Å². The van der Waals surface area contributed by atoms with Crippen molar-refractivity contribution in [1.82, 2.24) is 0 Å². The summed E-state index contributed by atoms with van der Waals surface area (Å²) >= 11 is 0. The molecule has 0 aromatic heterocycles. The Morgan fingerprint density at radius 2 is 1.93 bits per heavy atom. The summed E-state index contributed by atoms with van der Waals surface area (Å²) in [7, 11) is 0. The summed E-state index contributed by atoms with van der Waals surface area (Å²) in [5, 5.41) is 0. The van der Waals surface area contributed by atoms with Gasteiger partial charge in [-0.2, -0.15) is 0 Å². The van der Waals surface area contributed by atoms with Crippen LogP contribution in [0.1, 0.15) is 39.0 Å². The molecule has 0 aromatic carbocycles. The van der Waals surface area contributed by atoms with Crippen LogP contribution in [0.4, 0.5) is 0 Å². The molecule has 3 aliphatic rings. The van der Waals surface area contributed by atoms with Crippen LogP contribution < -0.4 is 0 Å². The van der Waals surface area contributed by atoms with Gasteiger partial charge in [-0.05, 0) is 24.7 Å². The van der Waals surface area contributed by atoms with E-state index >= 15 is 0 Å². The van der Waals surface area contributed by atoms with Gasteiger partial charge in [-0.25, -0.2) is 0 Å². The fourth-order valence-corrected chi connectivity index (χ4v) is 3.13. The first-order valence-electron chi connectivity index (χ1n) is 5.70. The molecule has 78 valence electrons. The van der Waals surface area contributed by atoms with E-state index in [-0.39, 0.29) is 5.79 Å². The number of allylic oxidation sites excluding steroid dienone is 1. The summed E-state index contributed by atoms with van der Waals surface area (Å²) in [6.45, 7) is 3.96. The van der Waals surface area contributed by atoms with Crippen molar-refractivity contribution in [2.75, 3.05) is 13.2 Å². The second kappa shape index (κ2) is 2.83. The van der Waals surface area contributed by atoms with Gasteiger partial charge in [0.15, 0.2) is 5.79 Å². The summed E-state index contributed by atoms with van der Waals surface area (Å²) in [5.74, 6) is -0.227. The van der Waals surface area contributed by atoms with Crippen LogP contribution in [0, 0.1) is 5.41 Å². The van der Waals surface area contributed by atoms with Gasteiger partial charge in [-0.3, -0.25) is 0 Å². The van der Waals surface area contributed by atoms with Crippen LogP contribution in [-0.4, -0.2) is 19.0 Å². The monoisotopic (exact) mass is 194 g/mol. The van der Waals surface area contributed by atoms with E-state index in [0.717, 1.165) is 26.1 Å². The molecule has 1 saturated carbocycles. The zero-order chi connectivity index (χ0) is 9.65. The van der Waals surface area contributed by atoms with Gasteiger partial charge in [-0.1, -0.05) is 18.6 Å². The molecule has 3 rings (SSSR count). The molecule has 0 bridgehead atoms. The van der Waals surface area contributed by atoms with Crippen LogP contribution in [0.25, 0.3) is 0 Å². The summed E-state index contributed by atoms with van der Waals surface area (Å²) in [4.78, 5) is 0. The zero-order valence-corrected chi connectivity index (χ0v) is 8.84. The predicted octanol–water partition coefficient (Wildman–Crippen LogP) is 2.64. The first-order chi connectivity index (χ1) is 6.73. The number of hydrogen-bond donors (Lipinski definition) is 0. The van der Waals surface area contributed by atoms with E-state index in [9.17, 15) is 0 Å². The molecule has 2 nitrogen and oxygen atoms in total. The number of ether oxygens (including phenoxy) is 2. The van der Waals surface area contributed by atoms with Crippen molar-refractivity contribution in [1.29, 1.82) is 0 Å². The normalized spacial score (nSPS) is 39.9. The molecule has 1 aliphatic heterocycles. The van der Waals surface area contributed by atoms with Gasteiger partial charge in [0.2, 0.25) is 0 Å². The van der Waals surface area contributed by atoms with Gasteiger partial charge in [-0.15, -0.1) is 0 Å².